The number of likely N-dealkylation sites (N-methyl/N-ethyl adjacent to an activating group) is 1. The van der Waals surface area contributed by atoms with Gasteiger partial charge in [-0.05, 0) is 30.3 Å². The van der Waals surface area contributed by atoms with Crippen LogP contribution in [0.25, 0.3) is 0 Å². The number of rotatable bonds is 8. The first-order chi connectivity index (χ1) is 12.0. The molecule has 5 nitrogen and oxygen atoms in total. The normalized spacial score (nSPS) is 11.9. The lowest BCUT2D eigenvalue weighted by molar-refractivity contribution is -0.890. The van der Waals surface area contributed by atoms with Gasteiger partial charge in [0.2, 0.25) is 0 Å². The van der Waals surface area contributed by atoms with Crippen LogP contribution in [0.3, 0.4) is 0 Å². The van der Waals surface area contributed by atoms with Gasteiger partial charge in [0.05, 0.1) is 27.7 Å². The molecule has 0 aliphatic rings. The molecule has 0 saturated carbocycles. The van der Waals surface area contributed by atoms with Gasteiger partial charge >= 0.3 is 0 Å². The Balaban J connectivity index is 1.90. The molecule has 2 N–H and O–H groups in total. The van der Waals surface area contributed by atoms with Gasteiger partial charge in [0.1, 0.15) is 17.5 Å². The maximum atomic E-state index is 12.1. The van der Waals surface area contributed by atoms with E-state index in [-0.39, 0.29) is 18.6 Å². The van der Waals surface area contributed by atoms with Crippen LogP contribution in [0.1, 0.15) is 11.6 Å². The Morgan fingerprint density at radius 2 is 1.88 bits per heavy atom. The van der Waals surface area contributed by atoms with Crippen LogP contribution in [-0.4, -0.2) is 40.3 Å². The summed E-state index contributed by atoms with van der Waals surface area (Å²) in [6.07, 6.45) is 0. The molecule has 0 aromatic heterocycles. The van der Waals surface area contributed by atoms with Crippen LogP contribution in [0.5, 0.6) is 11.5 Å². The summed E-state index contributed by atoms with van der Waals surface area (Å²) in [7, 11) is 5.78. The summed E-state index contributed by atoms with van der Waals surface area (Å²) in [4.78, 5) is 13.3. The zero-order valence-corrected chi connectivity index (χ0v) is 16.3. The number of hydrogen-bond donors (Lipinski definition) is 2. The van der Waals surface area contributed by atoms with Crippen molar-refractivity contribution in [3.63, 3.8) is 0 Å². The van der Waals surface area contributed by atoms with Crippen LogP contribution in [0.15, 0.2) is 53.0 Å². The second-order valence-corrected chi connectivity index (χ2v) is 6.87. The second-order valence-electron chi connectivity index (χ2n) is 5.96. The molecule has 1 atom stereocenters. The molecule has 0 heterocycles. The van der Waals surface area contributed by atoms with Gasteiger partial charge in [-0.15, -0.1) is 0 Å². The number of methoxy groups -OCH3 is 1. The number of carbonyl (C=O) groups is 1. The molecule has 25 heavy (non-hydrogen) atoms. The smallest absolute Gasteiger partial charge is 0.258 e. The molecule has 1 amide bonds. The van der Waals surface area contributed by atoms with Crippen LogP contribution in [0.4, 0.5) is 0 Å². The average Bonchev–Trinajstić information content (AvgIpc) is 2.60. The number of halogens is 1. The summed E-state index contributed by atoms with van der Waals surface area (Å²) in [6.45, 7) is 0.514. The number of quaternary nitrogens is 1. The maximum absolute atomic E-state index is 12.1. The van der Waals surface area contributed by atoms with Crippen molar-refractivity contribution in [2.75, 3.05) is 34.4 Å². The van der Waals surface area contributed by atoms with Gasteiger partial charge in [-0.3, -0.25) is 4.79 Å². The van der Waals surface area contributed by atoms with Gasteiger partial charge in [0.25, 0.3) is 5.91 Å². The Hall–Kier alpha value is -2.05. The van der Waals surface area contributed by atoms with Gasteiger partial charge in [0.15, 0.2) is 6.61 Å². The largest absolute Gasteiger partial charge is 0.497 e. The fraction of sp³-hybridized carbons (Fsp3) is 0.316. The quantitative estimate of drug-likeness (QED) is 0.701. The molecule has 2 aromatic rings. The molecule has 0 aliphatic carbocycles. The highest BCUT2D eigenvalue weighted by Gasteiger charge is 2.19. The Labute approximate surface area is 157 Å². The maximum Gasteiger partial charge on any atom is 0.258 e. The highest BCUT2D eigenvalue weighted by Crippen LogP contribution is 2.18. The van der Waals surface area contributed by atoms with Crippen molar-refractivity contribution in [2.24, 2.45) is 0 Å². The van der Waals surface area contributed by atoms with E-state index in [1.54, 1.807) is 7.11 Å². The lowest BCUT2D eigenvalue weighted by Gasteiger charge is -2.22. The number of benzene rings is 2. The van der Waals surface area contributed by atoms with Crippen molar-refractivity contribution in [2.45, 2.75) is 6.04 Å². The van der Waals surface area contributed by atoms with E-state index < -0.39 is 0 Å². The van der Waals surface area contributed by atoms with Crippen molar-refractivity contribution in [1.29, 1.82) is 0 Å². The minimum Gasteiger partial charge on any atom is -0.497 e. The molecule has 0 saturated heterocycles. The zero-order chi connectivity index (χ0) is 18.2. The number of nitrogens with one attached hydrogen (secondary N) is 2. The van der Waals surface area contributed by atoms with E-state index in [1.807, 2.05) is 48.5 Å². The van der Waals surface area contributed by atoms with Gasteiger partial charge in [-0.2, -0.15) is 0 Å². The monoisotopic (exact) mass is 407 g/mol. The summed E-state index contributed by atoms with van der Waals surface area (Å²) < 4.78 is 11.7. The molecule has 2 rings (SSSR count). The summed E-state index contributed by atoms with van der Waals surface area (Å²) in [6, 6.07) is 15.5. The number of carbonyl (C=O) groups excluding carboxylic acids is 1. The fourth-order valence-electron chi connectivity index (χ4n) is 2.49. The molecule has 0 bridgehead atoms. The molecule has 0 radical (unpaired) electrons. The lowest BCUT2D eigenvalue weighted by Crippen LogP contribution is -3.07. The van der Waals surface area contributed by atoms with Crippen molar-refractivity contribution < 1.29 is 19.2 Å². The summed E-state index contributed by atoms with van der Waals surface area (Å²) in [5, 5.41) is 2.95. The first kappa shape index (κ1) is 19.3. The molecular weight excluding hydrogens is 384 g/mol. The number of hydrogen-bond acceptors (Lipinski definition) is 3. The van der Waals surface area contributed by atoms with Crippen LogP contribution in [-0.2, 0) is 4.79 Å². The first-order valence-electron chi connectivity index (χ1n) is 8.08. The molecule has 0 aliphatic heterocycles. The van der Waals surface area contributed by atoms with Crippen LogP contribution >= 0.6 is 15.9 Å². The predicted octanol–water partition coefficient (Wildman–Crippen LogP) is 1.84. The van der Waals surface area contributed by atoms with Crippen molar-refractivity contribution in [3.8, 4) is 11.5 Å². The van der Waals surface area contributed by atoms with E-state index >= 15 is 0 Å². The van der Waals surface area contributed by atoms with Crippen molar-refractivity contribution in [3.05, 3.63) is 58.6 Å². The lowest BCUT2D eigenvalue weighted by atomic mass is 10.1. The average molecular weight is 408 g/mol. The van der Waals surface area contributed by atoms with Crippen LogP contribution < -0.4 is 19.7 Å². The Morgan fingerprint density at radius 3 is 2.56 bits per heavy atom. The topological polar surface area (TPSA) is 52.0 Å². The van der Waals surface area contributed by atoms with Crippen molar-refractivity contribution >= 4 is 21.8 Å². The summed E-state index contributed by atoms with van der Waals surface area (Å²) in [5.41, 5.74) is 1.12. The van der Waals surface area contributed by atoms with E-state index in [2.05, 4.69) is 35.3 Å². The molecule has 0 fully saturated rings. The zero-order valence-electron chi connectivity index (χ0n) is 14.7. The third-order valence-electron chi connectivity index (χ3n) is 3.86. The SMILES string of the molecule is COc1cccc([C@@H](CNC(=O)COc2cccc(Br)c2)[NH+](C)C)c1. The van der Waals surface area contributed by atoms with E-state index in [0.29, 0.717) is 12.3 Å². The van der Waals surface area contributed by atoms with E-state index in [9.17, 15) is 4.79 Å². The first-order valence-corrected chi connectivity index (χ1v) is 8.88. The summed E-state index contributed by atoms with van der Waals surface area (Å²) in [5.74, 6) is 1.33. The molecule has 6 heteroatoms. The molecule has 134 valence electrons. The third-order valence-corrected chi connectivity index (χ3v) is 4.36. The highest BCUT2D eigenvalue weighted by molar-refractivity contribution is 9.10. The highest BCUT2D eigenvalue weighted by atomic mass is 79.9. The Bertz CT molecular complexity index is 707. The molecular formula is C19H24BrN2O3+. The van der Waals surface area contributed by atoms with Gasteiger partial charge in [-0.25, -0.2) is 0 Å². The van der Waals surface area contributed by atoms with E-state index in [0.717, 1.165) is 15.8 Å². The Morgan fingerprint density at radius 1 is 1.16 bits per heavy atom. The van der Waals surface area contributed by atoms with Crippen molar-refractivity contribution in [1.82, 2.24) is 5.32 Å². The molecule has 0 unspecified atom stereocenters. The fourth-order valence-corrected chi connectivity index (χ4v) is 2.86. The van der Waals surface area contributed by atoms with Gasteiger partial charge in [0, 0.05) is 10.0 Å². The van der Waals surface area contributed by atoms with Gasteiger partial charge in [-0.1, -0.05) is 34.1 Å². The van der Waals surface area contributed by atoms with Crippen LogP contribution in [0.2, 0.25) is 0 Å². The Kier molecular flexibility index (Phi) is 7.28. The second kappa shape index (κ2) is 9.44. The summed E-state index contributed by atoms with van der Waals surface area (Å²) >= 11 is 3.38. The number of amides is 1. The molecule has 0 spiro atoms. The van der Waals surface area contributed by atoms with Gasteiger partial charge < -0.3 is 19.7 Å². The number of ether oxygens (including phenoxy) is 2. The minimum absolute atomic E-state index is 0.00987. The molecule has 2 aromatic carbocycles. The third kappa shape index (κ3) is 6.07. The van der Waals surface area contributed by atoms with Crippen LogP contribution in [0, 0.1) is 0 Å². The predicted molar refractivity (Wildman–Crippen MR) is 101 cm³/mol. The van der Waals surface area contributed by atoms with E-state index in [1.165, 1.54) is 4.90 Å². The van der Waals surface area contributed by atoms with E-state index in [4.69, 9.17) is 9.47 Å². The standard InChI is InChI=1S/C19H23BrN2O3/c1-22(2)18(14-6-4-8-16(10-14)24-3)12-21-19(23)13-25-17-9-5-7-15(20)11-17/h4-11,18H,12-13H2,1-3H3,(H,21,23)/p+1/t18-/m1/s1. The minimum atomic E-state index is -0.144.